The van der Waals surface area contributed by atoms with E-state index in [-0.39, 0.29) is 11.3 Å². The summed E-state index contributed by atoms with van der Waals surface area (Å²) in [5.41, 5.74) is -0.497. The number of ether oxygens (including phenoxy) is 2. The highest BCUT2D eigenvalue weighted by atomic mass is 19.3. The summed E-state index contributed by atoms with van der Waals surface area (Å²) in [4.78, 5) is 24.6. The number of nitrogens with zero attached hydrogens (tertiary/aromatic N) is 1. The minimum atomic E-state index is -3.09. The normalized spacial score (nSPS) is 9.65. The van der Waals surface area contributed by atoms with Crippen molar-refractivity contribution in [2.75, 3.05) is 7.11 Å². The number of aliphatic imine (C=N–C) groups is 1. The maximum absolute atomic E-state index is 12.1. The van der Waals surface area contributed by atoms with Gasteiger partial charge < -0.3 is 9.47 Å². The Kier molecular flexibility index (Phi) is 4.30. The van der Waals surface area contributed by atoms with Crippen LogP contribution < -0.4 is 4.74 Å². The number of methoxy groups -OCH3 is 1. The van der Waals surface area contributed by atoms with E-state index in [9.17, 15) is 18.4 Å². The van der Waals surface area contributed by atoms with E-state index in [2.05, 4.69) is 14.5 Å². The van der Waals surface area contributed by atoms with Gasteiger partial charge in [-0.2, -0.15) is 13.8 Å². The number of carbonyl (C=O) groups is 1. The second-order valence-electron chi connectivity index (χ2n) is 2.73. The number of hydrogen-bond donors (Lipinski definition) is 0. The first-order chi connectivity index (χ1) is 8.10. The van der Waals surface area contributed by atoms with E-state index in [1.807, 2.05) is 0 Å². The number of isocyanates is 1. The van der Waals surface area contributed by atoms with Gasteiger partial charge in [0, 0.05) is 0 Å². The molecule has 0 aliphatic rings. The molecule has 0 bridgehead atoms. The Bertz CT molecular complexity index is 469. The number of hydrogen-bond acceptors (Lipinski definition) is 5. The van der Waals surface area contributed by atoms with Crippen LogP contribution in [0.15, 0.2) is 23.2 Å². The summed E-state index contributed by atoms with van der Waals surface area (Å²) >= 11 is 0. The summed E-state index contributed by atoms with van der Waals surface area (Å²) in [6, 6.07) is 3.71. The molecule has 0 atom stereocenters. The van der Waals surface area contributed by atoms with Gasteiger partial charge in [0.15, 0.2) is 5.75 Å². The van der Waals surface area contributed by atoms with Crippen molar-refractivity contribution < 1.29 is 27.8 Å². The van der Waals surface area contributed by atoms with Crippen molar-refractivity contribution >= 4 is 17.7 Å². The van der Waals surface area contributed by atoms with Crippen LogP contribution in [0.3, 0.4) is 0 Å². The van der Waals surface area contributed by atoms with E-state index >= 15 is 0 Å². The van der Waals surface area contributed by atoms with E-state index in [4.69, 9.17) is 0 Å². The SMILES string of the molecule is COC(=O)c1cccc(OC(F)F)c1N=C=O. The van der Waals surface area contributed by atoms with Crippen LogP contribution in [0, 0.1) is 0 Å². The van der Waals surface area contributed by atoms with Gasteiger partial charge in [-0.15, -0.1) is 0 Å². The van der Waals surface area contributed by atoms with Crippen molar-refractivity contribution in [3.63, 3.8) is 0 Å². The lowest BCUT2D eigenvalue weighted by atomic mass is 10.1. The van der Waals surface area contributed by atoms with Crippen LogP contribution in [0.5, 0.6) is 5.75 Å². The summed E-state index contributed by atoms with van der Waals surface area (Å²) in [6.45, 7) is -3.09. The second-order valence-corrected chi connectivity index (χ2v) is 2.73. The number of alkyl halides is 2. The zero-order chi connectivity index (χ0) is 12.8. The molecule has 0 unspecified atom stereocenters. The topological polar surface area (TPSA) is 65.0 Å². The molecule has 0 radical (unpaired) electrons. The average molecular weight is 243 g/mol. The Morgan fingerprint density at radius 1 is 1.47 bits per heavy atom. The van der Waals surface area contributed by atoms with Crippen LogP contribution in [-0.2, 0) is 9.53 Å². The van der Waals surface area contributed by atoms with Gasteiger partial charge in [-0.25, -0.2) is 9.59 Å². The molecule has 0 spiro atoms. The summed E-state index contributed by atoms with van der Waals surface area (Å²) < 4.78 is 32.7. The molecule has 0 amide bonds. The summed E-state index contributed by atoms with van der Waals surface area (Å²) in [6.07, 6.45) is 1.16. The molecule has 0 heterocycles. The molecule has 1 aromatic carbocycles. The number of carbonyl (C=O) groups excluding carboxylic acids is 2. The molecule has 5 nitrogen and oxygen atoms in total. The first-order valence-corrected chi connectivity index (χ1v) is 4.34. The number of benzene rings is 1. The van der Waals surface area contributed by atoms with E-state index in [1.54, 1.807) is 0 Å². The van der Waals surface area contributed by atoms with Gasteiger partial charge >= 0.3 is 12.6 Å². The summed E-state index contributed by atoms with van der Waals surface area (Å²) in [5, 5.41) is 0. The second kappa shape index (κ2) is 5.72. The first-order valence-electron chi connectivity index (χ1n) is 4.34. The quantitative estimate of drug-likeness (QED) is 0.461. The monoisotopic (exact) mass is 243 g/mol. The Hall–Kier alpha value is -2.27. The minimum absolute atomic E-state index is 0.158. The van der Waals surface area contributed by atoms with E-state index in [1.165, 1.54) is 12.1 Å². The molecule has 1 aromatic rings. The Balaban J connectivity index is 3.31. The van der Waals surface area contributed by atoms with Gasteiger partial charge in [-0.05, 0) is 12.1 Å². The fraction of sp³-hybridized carbons (Fsp3) is 0.200. The maximum atomic E-state index is 12.1. The zero-order valence-corrected chi connectivity index (χ0v) is 8.65. The van der Waals surface area contributed by atoms with Gasteiger partial charge in [-0.1, -0.05) is 6.07 Å². The summed E-state index contributed by atoms with van der Waals surface area (Å²) in [7, 11) is 1.11. The van der Waals surface area contributed by atoms with Crippen molar-refractivity contribution in [3.05, 3.63) is 23.8 Å². The molecule has 0 saturated heterocycles. The number of para-hydroxylation sites is 1. The van der Waals surface area contributed by atoms with Gasteiger partial charge in [-0.3, -0.25) is 0 Å². The standard InChI is InChI=1S/C10H7F2NO4/c1-16-9(15)6-3-2-4-7(17-10(11)12)8(6)13-5-14/h2-4,10H,1H3. The van der Waals surface area contributed by atoms with Gasteiger partial charge in [0.2, 0.25) is 6.08 Å². The predicted octanol–water partition coefficient (Wildman–Crippen LogP) is 2.04. The molecule has 0 N–H and O–H groups in total. The van der Waals surface area contributed by atoms with Crippen molar-refractivity contribution in [1.82, 2.24) is 0 Å². The molecule has 0 aromatic heterocycles. The molecule has 17 heavy (non-hydrogen) atoms. The van der Waals surface area contributed by atoms with Crippen LogP contribution in [0.25, 0.3) is 0 Å². The highest BCUT2D eigenvalue weighted by Crippen LogP contribution is 2.32. The van der Waals surface area contributed by atoms with E-state index < -0.39 is 18.3 Å². The molecule has 0 aliphatic carbocycles. The third-order valence-corrected chi connectivity index (χ3v) is 1.78. The molecule has 0 aliphatic heterocycles. The van der Waals surface area contributed by atoms with Crippen molar-refractivity contribution in [2.45, 2.75) is 6.61 Å². The highest BCUT2D eigenvalue weighted by Gasteiger charge is 2.18. The molecular formula is C10H7F2NO4. The average Bonchev–Trinajstić information content (AvgIpc) is 2.30. The van der Waals surface area contributed by atoms with Crippen molar-refractivity contribution in [2.24, 2.45) is 4.99 Å². The van der Waals surface area contributed by atoms with Gasteiger partial charge in [0.25, 0.3) is 0 Å². The van der Waals surface area contributed by atoms with Gasteiger partial charge in [0.1, 0.15) is 5.69 Å². The highest BCUT2D eigenvalue weighted by molar-refractivity contribution is 5.96. The Morgan fingerprint density at radius 3 is 2.71 bits per heavy atom. The lowest BCUT2D eigenvalue weighted by Crippen LogP contribution is -2.06. The number of esters is 1. The zero-order valence-electron chi connectivity index (χ0n) is 8.65. The fourth-order valence-corrected chi connectivity index (χ4v) is 1.15. The lowest BCUT2D eigenvalue weighted by Gasteiger charge is -2.09. The predicted molar refractivity (Wildman–Crippen MR) is 52.2 cm³/mol. The smallest absolute Gasteiger partial charge is 0.387 e. The van der Waals surface area contributed by atoms with Crippen LogP contribution in [0.2, 0.25) is 0 Å². The molecule has 0 saturated carbocycles. The van der Waals surface area contributed by atoms with Crippen LogP contribution >= 0.6 is 0 Å². The van der Waals surface area contributed by atoms with Crippen LogP contribution in [-0.4, -0.2) is 25.8 Å². The fourth-order valence-electron chi connectivity index (χ4n) is 1.15. The largest absolute Gasteiger partial charge is 0.465 e. The van der Waals surface area contributed by atoms with Crippen molar-refractivity contribution in [1.29, 1.82) is 0 Å². The minimum Gasteiger partial charge on any atom is -0.465 e. The third-order valence-electron chi connectivity index (χ3n) is 1.78. The van der Waals surface area contributed by atoms with Crippen molar-refractivity contribution in [3.8, 4) is 5.75 Å². The van der Waals surface area contributed by atoms with Crippen LogP contribution in [0.4, 0.5) is 14.5 Å². The summed E-state index contributed by atoms with van der Waals surface area (Å²) in [5.74, 6) is -1.22. The van der Waals surface area contributed by atoms with Crippen LogP contribution in [0.1, 0.15) is 10.4 Å². The maximum Gasteiger partial charge on any atom is 0.387 e. The number of halogens is 2. The lowest BCUT2D eigenvalue weighted by molar-refractivity contribution is -0.0495. The first kappa shape index (κ1) is 12.8. The molecule has 90 valence electrons. The van der Waals surface area contributed by atoms with Gasteiger partial charge in [0.05, 0.1) is 12.7 Å². The molecule has 0 fully saturated rings. The van der Waals surface area contributed by atoms with E-state index in [0.717, 1.165) is 19.3 Å². The van der Waals surface area contributed by atoms with E-state index in [0.29, 0.717) is 0 Å². The Morgan fingerprint density at radius 2 is 2.18 bits per heavy atom. The molecular weight excluding hydrogens is 236 g/mol. The molecule has 1 rings (SSSR count). The molecule has 7 heteroatoms. The third kappa shape index (κ3) is 3.09. The number of rotatable bonds is 4. The Labute approximate surface area is 94.7 Å².